The Morgan fingerprint density at radius 3 is 2.85 bits per heavy atom. The Morgan fingerprint density at radius 2 is 1.92 bits per heavy atom. The van der Waals surface area contributed by atoms with Gasteiger partial charge in [-0.05, 0) is 30.4 Å². The minimum atomic E-state index is 0.0644. The third-order valence-electron chi connectivity index (χ3n) is 2.20. The molecule has 0 aromatic heterocycles. The zero-order valence-corrected chi connectivity index (χ0v) is 7.34. The fraction of sp³-hybridized carbons (Fsp3) is 0.250. The molecule has 0 radical (unpaired) electrons. The lowest BCUT2D eigenvalue weighted by Crippen LogP contribution is -2.00. The van der Waals surface area contributed by atoms with Crippen LogP contribution in [-0.4, -0.2) is 5.78 Å². The maximum atomic E-state index is 11.1. The van der Waals surface area contributed by atoms with Crippen LogP contribution in [-0.2, 0) is 11.2 Å². The van der Waals surface area contributed by atoms with Gasteiger partial charge in [0.25, 0.3) is 0 Å². The lowest BCUT2D eigenvalue weighted by molar-refractivity contribution is -0.113. The third kappa shape index (κ3) is 1.78. The largest absolute Gasteiger partial charge is 0.285 e. The SMILES string of the molecule is O=C1C#Cc2ccccc2CCC1. The number of hydrogen-bond acceptors (Lipinski definition) is 1. The van der Waals surface area contributed by atoms with Crippen LogP contribution >= 0.6 is 0 Å². The zero-order chi connectivity index (χ0) is 9.10. The van der Waals surface area contributed by atoms with E-state index in [1.807, 2.05) is 18.2 Å². The molecule has 1 aromatic carbocycles. The summed E-state index contributed by atoms with van der Waals surface area (Å²) < 4.78 is 0. The number of carbonyl (C=O) groups excluding carboxylic acids is 1. The molecule has 0 amide bonds. The fourth-order valence-electron chi connectivity index (χ4n) is 1.50. The van der Waals surface area contributed by atoms with Gasteiger partial charge in [0, 0.05) is 12.0 Å². The topological polar surface area (TPSA) is 17.1 Å². The Balaban J connectivity index is 2.46. The van der Waals surface area contributed by atoms with Crippen molar-refractivity contribution in [3.05, 3.63) is 35.4 Å². The van der Waals surface area contributed by atoms with Gasteiger partial charge in [-0.15, -0.1) is 0 Å². The molecule has 1 heteroatoms. The first-order chi connectivity index (χ1) is 6.36. The molecule has 1 aliphatic carbocycles. The number of hydrogen-bond donors (Lipinski definition) is 0. The molecule has 0 atom stereocenters. The molecule has 0 heterocycles. The smallest absolute Gasteiger partial charge is 0.205 e. The molecule has 0 saturated heterocycles. The van der Waals surface area contributed by atoms with E-state index in [9.17, 15) is 4.79 Å². The molecule has 0 spiro atoms. The van der Waals surface area contributed by atoms with Crippen molar-refractivity contribution in [2.24, 2.45) is 0 Å². The van der Waals surface area contributed by atoms with Crippen LogP contribution in [0.4, 0.5) is 0 Å². The average molecular weight is 170 g/mol. The third-order valence-corrected chi connectivity index (χ3v) is 2.20. The van der Waals surface area contributed by atoms with Crippen molar-refractivity contribution < 1.29 is 4.79 Å². The quantitative estimate of drug-likeness (QED) is 0.544. The number of Topliss-reactive ketones (excluding diaryl/α,β-unsaturated/α-hetero) is 1. The average Bonchev–Trinajstić information content (AvgIpc) is 2.13. The number of rotatable bonds is 0. The number of fused-ring (bicyclic) bond motifs is 1. The van der Waals surface area contributed by atoms with Gasteiger partial charge in [0.05, 0.1) is 0 Å². The van der Waals surface area contributed by atoms with E-state index in [0.29, 0.717) is 6.42 Å². The van der Waals surface area contributed by atoms with Gasteiger partial charge >= 0.3 is 0 Å². The summed E-state index contributed by atoms with van der Waals surface area (Å²) in [4.78, 5) is 11.1. The normalized spacial score (nSPS) is 14.9. The van der Waals surface area contributed by atoms with Gasteiger partial charge in [-0.25, -0.2) is 0 Å². The van der Waals surface area contributed by atoms with Crippen molar-refractivity contribution in [2.75, 3.05) is 0 Å². The second-order valence-corrected chi connectivity index (χ2v) is 3.18. The Hall–Kier alpha value is -1.55. The summed E-state index contributed by atoms with van der Waals surface area (Å²) in [7, 11) is 0. The fourth-order valence-corrected chi connectivity index (χ4v) is 1.50. The van der Waals surface area contributed by atoms with Crippen molar-refractivity contribution in [1.29, 1.82) is 0 Å². The Bertz CT molecular complexity index is 393. The van der Waals surface area contributed by atoms with Gasteiger partial charge in [0.15, 0.2) is 0 Å². The van der Waals surface area contributed by atoms with Crippen LogP contribution in [0.1, 0.15) is 24.0 Å². The Labute approximate surface area is 77.8 Å². The number of ketones is 1. The molecule has 0 aliphatic heterocycles. The molecule has 0 unspecified atom stereocenters. The number of benzene rings is 1. The van der Waals surface area contributed by atoms with Crippen molar-refractivity contribution >= 4 is 5.78 Å². The van der Waals surface area contributed by atoms with E-state index in [1.165, 1.54) is 5.56 Å². The lowest BCUT2D eigenvalue weighted by Gasteiger charge is -2.04. The van der Waals surface area contributed by atoms with Crippen LogP contribution in [0.2, 0.25) is 0 Å². The number of aryl methyl sites for hydroxylation is 1. The highest BCUT2D eigenvalue weighted by atomic mass is 16.1. The summed E-state index contributed by atoms with van der Waals surface area (Å²) in [5.41, 5.74) is 2.28. The van der Waals surface area contributed by atoms with Crippen LogP contribution in [0.3, 0.4) is 0 Å². The zero-order valence-electron chi connectivity index (χ0n) is 7.34. The van der Waals surface area contributed by atoms with Gasteiger partial charge in [-0.2, -0.15) is 0 Å². The van der Waals surface area contributed by atoms with Crippen LogP contribution in [0.15, 0.2) is 24.3 Å². The predicted octanol–water partition coefficient (Wildman–Crippen LogP) is 1.94. The van der Waals surface area contributed by atoms with E-state index >= 15 is 0 Å². The standard InChI is InChI=1S/C12H10O/c13-12-7-3-6-10-4-1-2-5-11(10)8-9-12/h1-2,4-5H,3,6-7H2. The second kappa shape index (κ2) is 3.45. The summed E-state index contributed by atoms with van der Waals surface area (Å²) >= 11 is 0. The first-order valence-electron chi connectivity index (χ1n) is 4.49. The van der Waals surface area contributed by atoms with E-state index < -0.39 is 0 Å². The summed E-state index contributed by atoms with van der Waals surface area (Å²) in [5.74, 6) is 5.63. The molecule has 1 aliphatic rings. The summed E-state index contributed by atoms with van der Waals surface area (Å²) in [6.07, 6.45) is 2.49. The molecule has 0 fully saturated rings. The van der Waals surface area contributed by atoms with Gasteiger partial charge in [0.1, 0.15) is 0 Å². The summed E-state index contributed by atoms with van der Waals surface area (Å²) in [5, 5.41) is 0. The minimum Gasteiger partial charge on any atom is -0.285 e. The first-order valence-corrected chi connectivity index (χ1v) is 4.49. The van der Waals surface area contributed by atoms with Crippen molar-refractivity contribution in [1.82, 2.24) is 0 Å². The monoisotopic (exact) mass is 170 g/mol. The van der Waals surface area contributed by atoms with E-state index in [4.69, 9.17) is 0 Å². The molecule has 0 N–H and O–H groups in total. The van der Waals surface area contributed by atoms with E-state index in [1.54, 1.807) is 0 Å². The molecule has 2 rings (SSSR count). The van der Waals surface area contributed by atoms with Crippen LogP contribution in [0.5, 0.6) is 0 Å². The van der Waals surface area contributed by atoms with Crippen molar-refractivity contribution in [3.8, 4) is 11.8 Å². The maximum Gasteiger partial charge on any atom is 0.205 e. The molecule has 1 nitrogen and oxygen atoms in total. The molecule has 13 heavy (non-hydrogen) atoms. The lowest BCUT2D eigenvalue weighted by atomic mass is 9.99. The van der Waals surface area contributed by atoms with E-state index in [-0.39, 0.29) is 5.78 Å². The summed E-state index contributed by atoms with van der Waals surface area (Å²) in [6.45, 7) is 0. The molecule has 0 saturated carbocycles. The Kier molecular flexibility index (Phi) is 2.14. The summed E-state index contributed by atoms with van der Waals surface area (Å²) in [6, 6.07) is 8.03. The van der Waals surface area contributed by atoms with Crippen LogP contribution in [0.25, 0.3) is 0 Å². The molecular formula is C12H10O. The molecule has 1 aromatic rings. The second-order valence-electron chi connectivity index (χ2n) is 3.18. The van der Waals surface area contributed by atoms with Gasteiger partial charge in [0.2, 0.25) is 5.78 Å². The van der Waals surface area contributed by atoms with Gasteiger partial charge < -0.3 is 0 Å². The van der Waals surface area contributed by atoms with Gasteiger partial charge in [-0.1, -0.05) is 24.1 Å². The molecule has 0 bridgehead atoms. The van der Waals surface area contributed by atoms with E-state index in [0.717, 1.165) is 18.4 Å². The molecular weight excluding hydrogens is 160 g/mol. The van der Waals surface area contributed by atoms with Crippen LogP contribution < -0.4 is 0 Å². The van der Waals surface area contributed by atoms with Crippen molar-refractivity contribution in [3.63, 3.8) is 0 Å². The van der Waals surface area contributed by atoms with Crippen molar-refractivity contribution in [2.45, 2.75) is 19.3 Å². The maximum absolute atomic E-state index is 11.1. The highest BCUT2D eigenvalue weighted by molar-refractivity contribution is 5.96. The number of carbonyl (C=O) groups is 1. The first kappa shape index (κ1) is 8.07. The minimum absolute atomic E-state index is 0.0644. The van der Waals surface area contributed by atoms with Gasteiger partial charge in [-0.3, -0.25) is 4.79 Å². The van der Waals surface area contributed by atoms with E-state index in [2.05, 4.69) is 17.9 Å². The highest BCUT2D eigenvalue weighted by Gasteiger charge is 2.04. The Morgan fingerprint density at radius 1 is 1.08 bits per heavy atom. The highest BCUT2D eigenvalue weighted by Crippen LogP contribution is 2.12. The molecule has 64 valence electrons. The van der Waals surface area contributed by atoms with Crippen LogP contribution in [0, 0.1) is 11.8 Å². The predicted molar refractivity (Wildman–Crippen MR) is 51.3 cm³/mol.